The Labute approximate surface area is 206 Å². The highest BCUT2D eigenvalue weighted by atomic mass is 16.5. The van der Waals surface area contributed by atoms with E-state index in [0.717, 1.165) is 53.9 Å². The van der Waals surface area contributed by atoms with Gasteiger partial charge in [0.05, 0.1) is 33.3 Å². The standard InChI is InChI=1S/C28H31N3O4/c1-33-22-10-5-20(6-11-22)29-28(32)25-16-19-4-9-24(35-3)17-26(19)31-15-14-30(18-27(25)31)21-7-12-23(34-2)13-8-21/h4-13,17,25,27H,14-16,18H2,1-3H3,(H,29,32)/t25-,27+/m0/s1. The summed E-state index contributed by atoms with van der Waals surface area (Å²) in [6, 6.07) is 21.8. The van der Waals surface area contributed by atoms with Gasteiger partial charge in [0.25, 0.3) is 0 Å². The van der Waals surface area contributed by atoms with E-state index in [0.29, 0.717) is 6.42 Å². The minimum absolute atomic E-state index is 0.0308. The molecule has 0 spiro atoms. The third kappa shape index (κ3) is 4.58. The number of nitrogens with one attached hydrogen (secondary N) is 1. The number of benzene rings is 3. The molecule has 3 aromatic rings. The van der Waals surface area contributed by atoms with Gasteiger partial charge in [-0.05, 0) is 66.6 Å². The van der Waals surface area contributed by atoms with Crippen LogP contribution in [0.4, 0.5) is 17.1 Å². The summed E-state index contributed by atoms with van der Waals surface area (Å²) in [7, 11) is 5.00. The van der Waals surface area contributed by atoms with Crippen LogP contribution in [0.25, 0.3) is 0 Å². The van der Waals surface area contributed by atoms with Gasteiger partial charge in [-0.15, -0.1) is 0 Å². The molecule has 182 valence electrons. The van der Waals surface area contributed by atoms with Crippen molar-refractivity contribution >= 4 is 23.0 Å². The minimum Gasteiger partial charge on any atom is -0.497 e. The molecule has 2 aliphatic heterocycles. The number of nitrogens with zero attached hydrogens (tertiary/aromatic N) is 2. The van der Waals surface area contributed by atoms with Gasteiger partial charge in [0.1, 0.15) is 17.2 Å². The lowest BCUT2D eigenvalue weighted by atomic mass is 9.83. The number of rotatable bonds is 6. The molecule has 35 heavy (non-hydrogen) atoms. The summed E-state index contributed by atoms with van der Waals surface area (Å²) in [6.07, 6.45) is 0.679. The highest BCUT2D eigenvalue weighted by Gasteiger charge is 2.41. The first-order valence-electron chi connectivity index (χ1n) is 11.9. The zero-order valence-corrected chi connectivity index (χ0v) is 20.4. The van der Waals surface area contributed by atoms with Crippen molar-refractivity contribution in [3.63, 3.8) is 0 Å². The molecule has 3 aromatic carbocycles. The van der Waals surface area contributed by atoms with Crippen LogP contribution in [0.1, 0.15) is 5.56 Å². The summed E-state index contributed by atoms with van der Waals surface area (Å²) in [5.74, 6) is 2.27. The Morgan fingerprint density at radius 3 is 2.11 bits per heavy atom. The SMILES string of the molecule is COc1ccc(NC(=O)[C@H]2Cc3ccc(OC)cc3N3CCN(c4ccc(OC)cc4)C[C@H]23)cc1. The maximum absolute atomic E-state index is 13.6. The average Bonchev–Trinajstić information content (AvgIpc) is 2.92. The second kappa shape index (κ2) is 9.78. The third-order valence-corrected chi connectivity index (χ3v) is 7.06. The van der Waals surface area contributed by atoms with Crippen LogP contribution >= 0.6 is 0 Å². The van der Waals surface area contributed by atoms with E-state index in [1.807, 2.05) is 42.5 Å². The number of piperazine rings is 1. The molecule has 1 saturated heterocycles. The number of hydrogen-bond acceptors (Lipinski definition) is 6. The summed E-state index contributed by atoms with van der Waals surface area (Å²) in [5.41, 5.74) is 4.24. The fourth-order valence-electron chi connectivity index (χ4n) is 5.14. The van der Waals surface area contributed by atoms with Crippen LogP contribution in [0.3, 0.4) is 0 Å². The maximum atomic E-state index is 13.6. The van der Waals surface area contributed by atoms with Gasteiger partial charge in [-0.2, -0.15) is 0 Å². The van der Waals surface area contributed by atoms with E-state index in [9.17, 15) is 4.79 Å². The number of carbonyl (C=O) groups excluding carboxylic acids is 1. The number of carbonyl (C=O) groups is 1. The smallest absolute Gasteiger partial charge is 0.229 e. The molecule has 7 heteroatoms. The largest absolute Gasteiger partial charge is 0.497 e. The topological polar surface area (TPSA) is 63.3 Å². The van der Waals surface area contributed by atoms with Crippen LogP contribution in [0.5, 0.6) is 17.2 Å². The molecule has 0 saturated carbocycles. The predicted molar refractivity (Wildman–Crippen MR) is 138 cm³/mol. The van der Waals surface area contributed by atoms with Crippen molar-refractivity contribution in [1.82, 2.24) is 0 Å². The Balaban J connectivity index is 1.43. The van der Waals surface area contributed by atoms with E-state index in [4.69, 9.17) is 14.2 Å². The lowest BCUT2D eigenvalue weighted by molar-refractivity contribution is -0.120. The zero-order chi connectivity index (χ0) is 24.4. The lowest BCUT2D eigenvalue weighted by Gasteiger charge is -2.49. The number of ether oxygens (including phenoxy) is 3. The molecule has 0 radical (unpaired) electrons. The molecule has 2 heterocycles. The molecule has 1 fully saturated rings. The van der Waals surface area contributed by atoms with E-state index < -0.39 is 0 Å². The first kappa shape index (κ1) is 22.9. The molecule has 2 aliphatic rings. The van der Waals surface area contributed by atoms with Crippen LogP contribution in [0.2, 0.25) is 0 Å². The molecule has 1 N–H and O–H groups in total. The van der Waals surface area contributed by atoms with Crippen molar-refractivity contribution in [3.8, 4) is 17.2 Å². The summed E-state index contributed by atoms with van der Waals surface area (Å²) in [4.78, 5) is 18.4. The summed E-state index contributed by atoms with van der Waals surface area (Å²) >= 11 is 0. The van der Waals surface area contributed by atoms with Crippen LogP contribution in [-0.2, 0) is 11.2 Å². The number of hydrogen-bond donors (Lipinski definition) is 1. The van der Waals surface area contributed by atoms with Crippen molar-refractivity contribution in [3.05, 3.63) is 72.3 Å². The van der Waals surface area contributed by atoms with Crippen molar-refractivity contribution in [2.75, 3.05) is 56.1 Å². The van der Waals surface area contributed by atoms with Gasteiger partial charge < -0.3 is 29.3 Å². The molecule has 5 rings (SSSR count). The number of methoxy groups -OCH3 is 3. The van der Waals surface area contributed by atoms with Gasteiger partial charge >= 0.3 is 0 Å². The van der Waals surface area contributed by atoms with E-state index >= 15 is 0 Å². The number of amides is 1. The first-order chi connectivity index (χ1) is 17.1. The molecule has 2 atom stereocenters. The van der Waals surface area contributed by atoms with E-state index in [1.165, 1.54) is 5.56 Å². The quantitative estimate of drug-likeness (QED) is 0.579. The molecule has 1 amide bonds. The normalized spacial score (nSPS) is 18.8. The number of fused-ring (bicyclic) bond motifs is 3. The van der Waals surface area contributed by atoms with Gasteiger partial charge in [-0.1, -0.05) is 6.07 Å². The van der Waals surface area contributed by atoms with Crippen molar-refractivity contribution in [1.29, 1.82) is 0 Å². The fraction of sp³-hybridized carbons (Fsp3) is 0.321. The summed E-state index contributed by atoms with van der Waals surface area (Å²) in [5, 5.41) is 3.14. The van der Waals surface area contributed by atoms with E-state index in [2.05, 4.69) is 39.4 Å². The third-order valence-electron chi connectivity index (χ3n) is 7.06. The molecule has 0 aromatic heterocycles. The Bertz CT molecular complexity index is 1180. The highest BCUT2D eigenvalue weighted by Crippen LogP contribution is 2.39. The lowest BCUT2D eigenvalue weighted by Crippen LogP contribution is -2.60. The predicted octanol–water partition coefficient (Wildman–Crippen LogP) is 4.22. The molecule has 0 unspecified atom stereocenters. The van der Waals surface area contributed by atoms with Gasteiger partial charge in [-0.25, -0.2) is 0 Å². The van der Waals surface area contributed by atoms with E-state index in [-0.39, 0.29) is 17.9 Å². The van der Waals surface area contributed by atoms with Gasteiger partial charge in [0.2, 0.25) is 5.91 Å². The van der Waals surface area contributed by atoms with E-state index in [1.54, 1.807) is 21.3 Å². The Morgan fingerprint density at radius 2 is 1.46 bits per heavy atom. The van der Waals surface area contributed by atoms with Crippen LogP contribution < -0.4 is 29.3 Å². The molecule has 0 aliphatic carbocycles. The highest BCUT2D eigenvalue weighted by molar-refractivity contribution is 5.94. The Morgan fingerprint density at radius 1 is 0.829 bits per heavy atom. The second-order valence-corrected chi connectivity index (χ2v) is 8.93. The first-order valence-corrected chi connectivity index (χ1v) is 11.9. The zero-order valence-electron chi connectivity index (χ0n) is 20.4. The van der Waals surface area contributed by atoms with Crippen LogP contribution in [-0.4, -0.2) is 52.9 Å². The fourth-order valence-corrected chi connectivity index (χ4v) is 5.14. The van der Waals surface area contributed by atoms with Gasteiger partial charge in [-0.3, -0.25) is 4.79 Å². The monoisotopic (exact) mass is 473 g/mol. The minimum atomic E-state index is -0.195. The van der Waals surface area contributed by atoms with Crippen molar-refractivity contribution < 1.29 is 19.0 Å². The summed E-state index contributed by atoms with van der Waals surface area (Å²) < 4.78 is 16.1. The van der Waals surface area contributed by atoms with Crippen molar-refractivity contribution in [2.24, 2.45) is 5.92 Å². The number of anilines is 3. The van der Waals surface area contributed by atoms with Gasteiger partial charge in [0, 0.05) is 42.8 Å². The summed E-state index contributed by atoms with van der Waals surface area (Å²) in [6.45, 7) is 2.44. The van der Waals surface area contributed by atoms with Crippen LogP contribution in [0.15, 0.2) is 66.7 Å². The molecular weight excluding hydrogens is 442 g/mol. The molecular formula is C28H31N3O4. The Kier molecular flexibility index (Phi) is 6.40. The molecule has 7 nitrogen and oxygen atoms in total. The molecule has 0 bridgehead atoms. The van der Waals surface area contributed by atoms with Crippen molar-refractivity contribution in [2.45, 2.75) is 12.5 Å². The Hall–Kier alpha value is -3.87. The second-order valence-electron chi connectivity index (χ2n) is 8.93. The maximum Gasteiger partial charge on any atom is 0.229 e. The average molecular weight is 474 g/mol. The van der Waals surface area contributed by atoms with Crippen LogP contribution in [0, 0.1) is 5.92 Å². The van der Waals surface area contributed by atoms with Gasteiger partial charge in [0.15, 0.2) is 0 Å².